The number of methoxy groups -OCH3 is 1. The third kappa shape index (κ3) is 5.15. The number of nitrogens with two attached hydrogens (primary N) is 1. The number of benzene rings is 2. The molecular weight excluding hydrogens is 452 g/mol. The Morgan fingerprint density at radius 3 is 2.64 bits per heavy atom. The Balaban J connectivity index is 1.73. The number of nitrogens with one attached hydrogen (secondary N) is 1. The smallest absolute Gasteiger partial charge is 0.309 e. The van der Waals surface area contributed by atoms with Crippen molar-refractivity contribution in [2.45, 2.75) is 59.9 Å². The minimum atomic E-state index is -0.116. The number of rotatable bonds is 7. The zero-order valence-corrected chi connectivity index (χ0v) is 22.1. The van der Waals surface area contributed by atoms with Crippen molar-refractivity contribution in [1.82, 2.24) is 9.97 Å². The first-order valence-electron chi connectivity index (χ1n) is 12.6. The third-order valence-corrected chi connectivity index (χ3v) is 7.06. The number of allylic oxidation sites excluding steroid dienone is 2. The molecule has 3 N–H and O–H groups in total. The number of nitrogen functional groups attached to an aromatic ring is 1. The van der Waals surface area contributed by atoms with E-state index in [0.29, 0.717) is 18.9 Å². The molecule has 2 aromatic carbocycles. The van der Waals surface area contributed by atoms with Crippen LogP contribution in [0.15, 0.2) is 30.3 Å². The number of hydrogen-bond donors (Lipinski definition) is 2. The van der Waals surface area contributed by atoms with Crippen LogP contribution in [0.2, 0.25) is 0 Å². The van der Waals surface area contributed by atoms with Crippen molar-refractivity contribution in [2.75, 3.05) is 24.8 Å². The van der Waals surface area contributed by atoms with E-state index in [1.165, 1.54) is 11.1 Å². The summed E-state index contributed by atoms with van der Waals surface area (Å²) in [6.07, 6.45) is 4.33. The van der Waals surface area contributed by atoms with E-state index in [1.54, 1.807) is 7.11 Å². The molecule has 0 fully saturated rings. The molecule has 36 heavy (non-hydrogen) atoms. The summed E-state index contributed by atoms with van der Waals surface area (Å²) < 4.78 is 11.0. The molecule has 0 bridgehead atoms. The van der Waals surface area contributed by atoms with E-state index in [1.807, 2.05) is 32.0 Å². The fraction of sp³-hybridized carbons (Fsp3) is 0.414. The predicted molar refractivity (Wildman–Crippen MR) is 145 cm³/mol. The lowest BCUT2D eigenvalue weighted by Crippen LogP contribution is -2.19. The van der Waals surface area contributed by atoms with Crippen molar-refractivity contribution < 1.29 is 14.3 Å². The molecule has 0 spiro atoms. The lowest BCUT2D eigenvalue weighted by Gasteiger charge is -2.23. The summed E-state index contributed by atoms with van der Waals surface area (Å²) in [5.41, 5.74) is 13.4. The van der Waals surface area contributed by atoms with Gasteiger partial charge < -0.3 is 20.5 Å². The number of aromatic nitrogens is 2. The van der Waals surface area contributed by atoms with Gasteiger partial charge in [0, 0.05) is 22.7 Å². The van der Waals surface area contributed by atoms with Crippen LogP contribution >= 0.6 is 0 Å². The van der Waals surface area contributed by atoms with Gasteiger partial charge in [0.1, 0.15) is 17.4 Å². The quantitative estimate of drug-likeness (QED) is 0.308. The molecule has 190 valence electrons. The predicted octanol–water partition coefficient (Wildman–Crippen LogP) is 6.07. The first-order chi connectivity index (χ1) is 17.2. The summed E-state index contributed by atoms with van der Waals surface area (Å²) in [6, 6.07) is 8.10. The molecule has 7 nitrogen and oxygen atoms in total. The van der Waals surface area contributed by atoms with Crippen molar-refractivity contribution >= 4 is 34.0 Å². The highest BCUT2D eigenvalue weighted by Crippen LogP contribution is 2.39. The average molecular weight is 489 g/mol. The summed E-state index contributed by atoms with van der Waals surface area (Å²) in [6.45, 7) is 10.5. The monoisotopic (exact) mass is 488 g/mol. The first kappa shape index (κ1) is 25.5. The summed E-state index contributed by atoms with van der Waals surface area (Å²) in [4.78, 5) is 21.6. The number of nitrogens with zero attached hydrogens (tertiary/aromatic N) is 2. The highest BCUT2D eigenvalue weighted by molar-refractivity contribution is 5.94. The van der Waals surface area contributed by atoms with E-state index in [2.05, 4.69) is 43.2 Å². The topological polar surface area (TPSA) is 99.4 Å². The van der Waals surface area contributed by atoms with Crippen molar-refractivity contribution in [3.8, 4) is 5.75 Å². The van der Waals surface area contributed by atoms with Crippen molar-refractivity contribution in [2.24, 2.45) is 5.92 Å². The Morgan fingerprint density at radius 1 is 1.19 bits per heavy atom. The number of carbonyl (C=O) groups excluding carboxylic acids is 1. The summed E-state index contributed by atoms with van der Waals surface area (Å²) in [5, 5.41) is 4.54. The van der Waals surface area contributed by atoms with Crippen molar-refractivity contribution in [3.05, 3.63) is 58.4 Å². The SMILES string of the molecule is CCOC(=O)C1CC=C(c2cc3c(N[C@H](C)c4cc(N)cc(C)c4C)nc(C)nc3cc2OC)CC1. The second-order valence-corrected chi connectivity index (χ2v) is 9.56. The van der Waals surface area contributed by atoms with Gasteiger partial charge in [0.05, 0.1) is 31.2 Å². The van der Waals surface area contributed by atoms with Gasteiger partial charge in [-0.2, -0.15) is 0 Å². The van der Waals surface area contributed by atoms with E-state index in [4.69, 9.17) is 20.2 Å². The summed E-state index contributed by atoms with van der Waals surface area (Å²) in [7, 11) is 1.68. The third-order valence-electron chi connectivity index (χ3n) is 7.06. The summed E-state index contributed by atoms with van der Waals surface area (Å²) in [5.74, 6) is 2.02. The van der Waals surface area contributed by atoms with Crippen LogP contribution in [0, 0.1) is 26.7 Å². The van der Waals surface area contributed by atoms with Gasteiger partial charge in [-0.15, -0.1) is 0 Å². The molecule has 4 rings (SSSR count). The number of aryl methyl sites for hydroxylation is 2. The lowest BCUT2D eigenvalue weighted by molar-refractivity contribution is -0.148. The van der Waals surface area contributed by atoms with Gasteiger partial charge in [0.25, 0.3) is 0 Å². The molecule has 0 amide bonds. The highest BCUT2D eigenvalue weighted by Gasteiger charge is 2.25. The molecule has 1 aliphatic carbocycles. The second-order valence-electron chi connectivity index (χ2n) is 9.56. The maximum absolute atomic E-state index is 12.2. The number of anilines is 2. The van der Waals surface area contributed by atoms with Crippen LogP contribution in [-0.2, 0) is 9.53 Å². The molecule has 0 saturated heterocycles. The molecular formula is C29H36N4O3. The van der Waals surface area contributed by atoms with Gasteiger partial charge >= 0.3 is 5.97 Å². The molecule has 0 aliphatic heterocycles. The summed E-state index contributed by atoms with van der Waals surface area (Å²) >= 11 is 0. The Hall–Kier alpha value is -3.61. The van der Waals surface area contributed by atoms with Gasteiger partial charge in [-0.25, -0.2) is 9.97 Å². The van der Waals surface area contributed by atoms with Gasteiger partial charge in [-0.3, -0.25) is 4.79 Å². The molecule has 1 aliphatic rings. The van der Waals surface area contributed by atoms with Crippen LogP contribution in [0.4, 0.5) is 11.5 Å². The average Bonchev–Trinajstić information content (AvgIpc) is 2.85. The minimum absolute atomic E-state index is 0.00511. The molecule has 7 heteroatoms. The number of ether oxygens (including phenoxy) is 2. The molecule has 3 aromatic rings. The van der Waals surface area contributed by atoms with Gasteiger partial charge in [-0.05, 0) is 94.3 Å². The Morgan fingerprint density at radius 2 is 1.97 bits per heavy atom. The molecule has 1 unspecified atom stereocenters. The van der Waals surface area contributed by atoms with Crippen LogP contribution in [0.25, 0.3) is 16.5 Å². The van der Waals surface area contributed by atoms with E-state index >= 15 is 0 Å². The van der Waals surface area contributed by atoms with Gasteiger partial charge in [0.15, 0.2) is 0 Å². The lowest BCUT2D eigenvalue weighted by atomic mass is 9.86. The maximum Gasteiger partial charge on any atom is 0.309 e. The highest BCUT2D eigenvalue weighted by atomic mass is 16.5. The van der Waals surface area contributed by atoms with Crippen LogP contribution in [-0.4, -0.2) is 29.7 Å². The second kappa shape index (κ2) is 10.6. The van der Waals surface area contributed by atoms with E-state index in [0.717, 1.165) is 57.7 Å². The minimum Gasteiger partial charge on any atom is -0.496 e. The van der Waals surface area contributed by atoms with Crippen LogP contribution in [0.1, 0.15) is 67.2 Å². The fourth-order valence-electron chi connectivity index (χ4n) is 5.00. The Labute approximate surface area is 213 Å². The first-order valence-corrected chi connectivity index (χ1v) is 12.6. The zero-order valence-electron chi connectivity index (χ0n) is 22.1. The number of hydrogen-bond acceptors (Lipinski definition) is 7. The number of fused-ring (bicyclic) bond motifs is 1. The Kier molecular flexibility index (Phi) is 7.48. The molecule has 1 aromatic heterocycles. The number of esters is 1. The zero-order chi connectivity index (χ0) is 26.0. The maximum atomic E-state index is 12.2. The van der Waals surface area contributed by atoms with E-state index in [9.17, 15) is 4.79 Å². The van der Waals surface area contributed by atoms with Crippen LogP contribution in [0.5, 0.6) is 5.75 Å². The van der Waals surface area contributed by atoms with E-state index < -0.39 is 0 Å². The Bertz CT molecular complexity index is 1330. The van der Waals surface area contributed by atoms with Crippen LogP contribution < -0.4 is 15.8 Å². The van der Waals surface area contributed by atoms with Crippen molar-refractivity contribution in [1.29, 1.82) is 0 Å². The fourth-order valence-corrected chi connectivity index (χ4v) is 5.00. The molecule has 1 heterocycles. The van der Waals surface area contributed by atoms with Crippen LogP contribution in [0.3, 0.4) is 0 Å². The largest absolute Gasteiger partial charge is 0.496 e. The molecule has 0 saturated carbocycles. The molecule has 2 atom stereocenters. The molecule has 0 radical (unpaired) electrons. The van der Waals surface area contributed by atoms with Crippen molar-refractivity contribution in [3.63, 3.8) is 0 Å². The van der Waals surface area contributed by atoms with Gasteiger partial charge in [-0.1, -0.05) is 6.08 Å². The standard InChI is InChI=1S/C29H36N4O3/c1-7-36-29(34)21-10-8-20(9-11-21)24-14-25-26(15-27(24)35-6)32-19(5)33-28(25)31-18(4)23-13-22(30)12-16(2)17(23)3/h8,12-15,18,21H,7,9-11,30H2,1-6H3,(H,31,32,33)/t18-,21?/m1/s1. The van der Waals surface area contributed by atoms with Gasteiger partial charge in [0.2, 0.25) is 0 Å². The number of carbonyl (C=O) groups is 1. The normalized spacial score (nSPS) is 16.4. The van der Waals surface area contributed by atoms with E-state index in [-0.39, 0.29) is 17.9 Å².